The monoisotopic (exact) mass is 687 g/mol. The van der Waals surface area contributed by atoms with Crippen molar-refractivity contribution in [1.82, 2.24) is 20.1 Å². The minimum absolute atomic E-state index is 0.0798. The molecular weight excluding hydrogens is 648 g/mol. The second kappa shape index (κ2) is 13.8. The number of ether oxygens (including phenoxy) is 2. The van der Waals surface area contributed by atoms with Crippen LogP contribution in [0.15, 0.2) is 52.4 Å². The number of carbonyl (C=O) groups excluding carboxylic acids is 2. The number of esters is 2. The van der Waals surface area contributed by atoms with Gasteiger partial charge < -0.3 is 14.8 Å². The number of nitrogens with one attached hydrogen (secondary N) is 1. The van der Waals surface area contributed by atoms with E-state index in [-0.39, 0.29) is 35.5 Å². The summed E-state index contributed by atoms with van der Waals surface area (Å²) in [7, 11) is 0. The second-order valence-corrected chi connectivity index (χ2v) is 14.8. The molecule has 5 rings (SSSR count). The van der Waals surface area contributed by atoms with Crippen LogP contribution in [-0.2, 0) is 25.6 Å². The number of aliphatic imine (C=N–C) groups is 1. The summed E-state index contributed by atoms with van der Waals surface area (Å²) in [5.41, 5.74) is 0.754. The number of halogens is 3. The number of hydrogen-bond acceptors (Lipinski definition) is 9. The Labute approximate surface area is 282 Å². The standard InChI is InChI=1S/C34H40ClF2N5O4S/c1-7-45-31(43)24-27(40-29(30-38-14-15-47-30)41-28(24)22-12-13-23(36)26(37)25(22)35)20-10-8-19(9-11-20)21-16-39-42(17-21)18-34(5,6)32(44)46-33(2,3)4/h12-17,19-20,28H,7-11,18H2,1-6H3,(H,40,41)/t19-,20-,28?. The minimum Gasteiger partial charge on any atom is -0.463 e. The summed E-state index contributed by atoms with van der Waals surface area (Å²) in [5, 5.41) is 9.90. The number of aromatic nitrogens is 3. The highest BCUT2D eigenvalue weighted by Crippen LogP contribution is 2.44. The van der Waals surface area contributed by atoms with Crippen molar-refractivity contribution in [3.63, 3.8) is 0 Å². The van der Waals surface area contributed by atoms with Crippen LogP contribution < -0.4 is 5.32 Å². The van der Waals surface area contributed by atoms with Gasteiger partial charge in [-0.25, -0.2) is 18.6 Å². The fourth-order valence-electron chi connectivity index (χ4n) is 6.02. The van der Waals surface area contributed by atoms with E-state index in [0.717, 1.165) is 37.3 Å². The van der Waals surface area contributed by atoms with Crippen molar-refractivity contribution in [2.45, 2.75) is 91.3 Å². The van der Waals surface area contributed by atoms with E-state index in [0.29, 0.717) is 23.1 Å². The zero-order chi connectivity index (χ0) is 34.1. The largest absolute Gasteiger partial charge is 0.463 e. The Morgan fingerprint density at radius 2 is 1.81 bits per heavy atom. The van der Waals surface area contributed by atoms with E-state index in [1.54, 1.807) is 17.8 Å². The first-order valence-corrected chi connectivity index (χ1v) is 17.0. The van der Waals surface area contributed by atoms with Gasteiger partial charge in [0.15, 0.2) is 22.5 Å². The van der Waals surface area contributed by atoms with Gasteiger partial charge in [0.2, 0.25) is 0 Å². The third-order valence-electron chi connectivity index (χ3n) is 8.33. The molecule has 13 heteroatoms. The van der Waals surface area contributed by atoms with Crippen LogP contribution in [-0.4, -0.2) is 44.7 Å². The number of nitrogens with zero attached hydrogens (tertiary/aromatic N) is 4. The van der Waals surface area contributed by atoms with E-state index in [1.165, 1.54) is 17.4 Å². The first-order chi connectivity index (χ1) is 22.2. The predicted molar refractivity (Wildman–Crippen MR) is 176 cm³/mol. The maximum absolute atomic E-state index is 14.7. The Hall–Kier alpha value is -3.64. The summed E-state index contributed by atoms with van der Waals surface area (Å²) in [6.07, 6.45) is 8.58. The summed E-state index contributed by atoms with van der Waals surface area (Å²) < 4.78 is 41.7. The van der Waals surface area contributed by atoms with Crippen molar-refractivity contribution in [2.75, 3.05) is 6.61 Å². The average molecular weight is 688 g/mol. The van der Waals surface area contributed by atoms with Crippen molar-refractivity contribution in [3.05, 3.63) is 80.2 Å². The Balaban J connectivity index is 1.41. The molecular formula is C34H40ClF2N5O4S. The van der Waals surface area contributed by atoms with Crippen molar-refractivity contribution in [1.29, 1.82) is 0 Å². The SMILES string of the molecule is CCOC(=O)C1=C([C@H]2CC[C@H](c3cnn(CC(C)(C)C(=O)OC(C)(C)C)c3)CC2)NC(c2nccs2)=NC1c1ccc(F)c(F)c1Cl. The molecule has 2 aromatic heterocycles. The molecule has 0 radical (unpaired) electrons. The van der Waals surface area contributed by atoms with E-state index >= 15 is 0 Å². The minimum atomic E-state index is -1.20. The topological polar surface area (TPSA) is 108 Å². The lowest BCUT2D eigenvalue weighted by atomic mass is 9.76. The van der Waals surface area contributed by atoms with Crippen LogP contribution in [0.2, 0.25) is 5.02 Å². The molecule has 1 saturated carbocycles. The summed E-state index contributed by atoms with van der Waals surface area (Å²) in [4.78, 5) is 35.5. The molecule has 47 heavy (non-hydrogen) atoms. The highest BCUT2D eigenvalue weighted by molar-refractivity contribution is 7.11. The summed E-state index contributed by atoms with van der Waals surface area (Å²) in [6.45, 7) is 11.5. The molecule has 252 valence electrons. The van der Waals surface area contributed by atoms with Crippen LogP contribution in [0.1, 0.15) is 95.3 Å². The lowest BCUT2D eigenvalue weighted by Crippen LogP contribution is -2.38. The third-order valence-corrected chi connectivity index (χ3v) is 9.50. The fraction of sp³-hybridized carbons (Fsp3) is 0.500. The molecule has 1 unspecified atom stereocenters. The van der Waals surface area contributed by atoms with Crippen LogP contribution in [0.3, 0.4) is 0 Å². The van der Waals surface area contributed by atoms with Gasteiger partial charge >= 0.3 is 11.9 Å². The maximum atomic E-state index is 14.7. The number of benzene rings is 1. The summed E-state index contributed by atoms with van der Waals surface area (Å²) >= 11 is 7.70. The maximum Gasteiger partial charge on any atom is 0.338 e. The van der Waals surface area contributed by atoms with E-state index in [9.17, 15) is 18.4 Å². The van der Waals surface area contributed by atoms with Crippen molar-refractivity contribution >= 4 is 40.7 Å². The van der Waals surface area contributed by atoms with Crippen LogP contribution in [0.4, 0.5) is 8.78 Å². The molecule has 3 heterocycles. The van der Waals surface area contributed by atoms with E-state index < -0.39 is 39.7 Å². The third kappa shape index (κ3) is 7.75. The number of thiazole rings is 1. The van der Waals surface area contributed by atoms with Gasteiger partial charge in [-0.15, -0.1) is 11.3 Å². The van der Waals surface area contributed by atoms with Crippen LogP contribution in [0.5, 0.6) is 0 Å². The number of hydrogen-bond donors (Lipinski definition) is 1. The number of allylic oxidation sites excluding steroid dienone is 1. The molecule has 1 atom stereocenters. The Morgan fingerprint density at radius 1 is 1.11 bits per heavy atom. The Kier molecular flexibility index (Phi) is 10.2. The van der Waals surface area contributed by atoms with Gasteiger partial charge in [-0.3, -0.25) is 14.5 Å². The van der Waals surface area contributed by atoms with Crippen LogP contribution >= 0.6 is 22.9 Å². The van der Waals surface area contributed by atoms with E-state index in [2.05, 4.69) is 15.4 Å². The van der Waals surface area contributed by atoms with Crippen molar-refractivity contribution < 1.29 is 27.8 Å². The molecule has 1 fully saturated rings. The van der Waals surface area contributed by atoms with Gasteiger partial charge in [-0.1, -0.05) is 17.7 Å². The van der Waals surface area contributed by atoms with Crippen molar-refractivity contribution in [3.8, 4) is 0 Å². The molecule has 3 aromatic rings. The van der Waals surface area contributed by atoms with Gasteiger partial charge in [-0.2, -0.15) is 5.10 Å². The summed E-state index contributed by atoms with van der Waals surface area (Å²) in [6, 6.07) is 1.31. The van der Waals surface area contributed by atoms with E-state index in [1.807, 2.05) is 52.4 Å². The lowest BCUT2D eigenvalue weighted by molar-refractivity contribution is -0.166. The lowest BCUT2D eigenvalue weighted by Gasteiger charge is -2.35. The predicted octanol–water partition coefficient (Wildman–Crippen LogP) is 7.52. The Bertz CT molecular complexity index is 1690. The molecule has 1 N–H and O–H groups in total. The average Bonchev–Trinajstić information content (AvgIpc) is 3.72. The highest BCUT2D eigenvalue weighted by Gasteiger charge is 2.39. The highest BCUT2D eigenvalue weighted by atomic mass is 35.5. The molecule has 0 amide bonds. The normalized spacial score (nSPS) is 20.4. The molecule has 2 aliphatic rings. The first-order valence-electron chi connectivity index (χ1n) is 15.7. The number of carbonyl (C=O) groups is 2. The zero-order valence-corrected chi connectivity index (χ0v) is 29.0. The van der Waals surface area contributed by atoms with Gasteiger partial charge in [0.05, 0.1) is 35.4 Å². The fourth-order valence-corrected chi connectivity index (χ4v) is 6.87. The first kappa shape index (κ1) is 34.7. The zero-order valence-electron chi connectivity index (χ0n) is 27.4. The number of rotatable bonds is 9. The van der Waals surface area contributed by atoms with E-state index in [4.69, 9.17) is 26.1 Å². The quantitative estimate of drug-likeness (QED) is 0.183. The van der Waals surface area contributed by atoms with Gasteiger partial charge in [0.1, 0.15) is 11.6 Å². The summed E-state index contributed by atoms with van der Waals surface area (Å²) in [5.74, 6) is -2.60. The molecule has 1 aliphatic heterocycles. The number of amidine groups is 1. The second-order valence-electron chi connectivity index (χ2n) is 13.6. The van der Waals surface area contributed by atoms with Crippen LogP contribution in [0.25, 0.3) is 0 Å². The van der Waals surface area contributed by atoms with Gasteiger partial charge in [-0.05, 0) is 90.7 Å². The van der Waals surface area contributed by atoms with Gasteiger partial charge in [0.25, 0.3) is 0 Å². The van der Waals surface area contributed by atoms with Gasteiger partial charge in [0, 0.05) is 29.0 Å². The molecule has 0 saturated heterocycles. The molecule has 1 aliphatic carbocycles. The Morgan fingerprint density at radius 3 is 2.45 bits per heavy atom. The molecule has 0 spiro atoms. The van der Waals surface area contributed by atoms with Crippen molar-refractivity contribution in [2.24, 2.45) is 16.3 Å². The molecule has 0 bridgehead atoms. The molecule has 1 aromatic carbocycles. The smallest absolute Gasteiger partial charge is 0.338 e. The molecule has 9 nitrogen and oxygen atoms in total. The van der Waals surface area contributed by atoms with Crippen LogP contribution in [0, 0.1) is 23.0 Å².